The fourth-order valence-electron chi connectivity index (χ4n) is 4.42. The van der Waals surface area contributed by atoms with Crippen LogP contribution < -0.4 is 10.2 Å². The van der Waals surface area contributed by atoms with E-state index >= 15 is 0 Å². The number of aliphatic imine (C=N–C) groups is 1. The van der Waals surface area contributed by atoms with Crippen molar-refractivity contribution in [2.75, 3.05) is 37.9 Å². The molecule has 8 nitrogen and oxygen atoms in total. The summed E-state index contributed by atoms with van der Waals surface area (Å²) in [6.45, 7) is 0.667. The van der Waals surface area contributed by atoms with E-state index in [1.165, 1.54) is 0 Å². The molecule has 0 radical (unpaired) electrons. The molecule has 1 aliphatic heterocycles. The van der Waals surface area contributed by atoms with Crippen molar-refractivity contribution >= 4 is 52.2 Å². The fourth-order valence-corrected chi connectivity index (χ4v) is 4.59. The molecule has 0 saturated heterocycles. The summed E-state index contributed by atoms with van der Waals surface area (Å²) in [5.74, 6) is -1.70. The molecule has 0 aliphatic carbocycles. The van der Waals surface area contributed by atoms with Crippen LogP contribution in [0.4, 0.5) is 17.1 Å². The molecular weight excluding hydrogens is 516 g/mol. The van der Waals surface area contributed by atoms with Gasteiger partial charge in [0, 0.05) is 42.8 Å². The lowest BCUT2D eigenvalue weighted by Crippen LogP contribution is -2.29. The number of aryl methyl sites for hydroxylation is 1. The Morgan fingerprint density at radius 3 is 2.31 bits per heavy atom. The minimum atomic E-state index is -0.854. The van der Waals surface area contributed by atoms with Crippen molar-refractivity contribution in [1.82, 2.24) is 4.90 Å². The number of carboxylic acid groups (broad SMARTS) is 1. The summed E-state index contributed by atoms with van der Waals surface area (Å²) in [6.07, 6.45) is 0.865. The molecule has 3 aromatic rings. The van der Waals surface area contributed by atoms with E-state index in [9.17, 15) is 14.4 Å². The van der Waals surface area contributed by atoms with E-state index < -0.39 is 11.9 Å². The summed E-state index contributed by atoms with van der Waals surface area (Å²) in [6, 6.07) is 20.1. The molecule has 0 fully saturated rings. The molecule has 9 heteroatoms. The van der Waals surface area contributed by atoms with Crippen molar-refractivity contribution in [3.05, 3.63) is 88.4 Å². The van der Waals surface area contributed by atoms with Gasteiger partial charge in [0.1, 0.15) is 5.92 Å². The van der Waals surface area contributed by atoms with Gasteiger partial charge in [0.05, 0.1) is 11.4 Å². The third-order valence-electron chi connectivity index (χ3n) is 6.63. The minimum Gasteiger partial charge on any atom is -0.481 e. The van der Waals surface area contributed by atoms with Gasteiger partial charge in [0.25, 0.3) is 0 Å². The molecule has 2 amide bonds. The highest BCUT2D eigenvalue weighted by atomic mass is 35.5. The largest absolute Gasteiger partial charge is 0.481 e. The smallest absolute Gasteiger partial charge is 0.303 e. The summed E-state index contributed by atoms with van der Waals surface area (Å²) in [5.41, 5.74) is 5.00. The normalized spacial score (nSPS) is 14.7. The van der Waals surface area contributed by atoms with E-state index in [0.29, 0.717) is 41.5 Å². The highest BCUT2D eigenvalue weighted by Gasteiger charge is 2.35. The molecule has 1 atom stereocenters. The third-order valence-corrected chi connectivity index (χ3v) is 6.87. The summed E-state index contributed by atoms with van der Waals surface area (Å²) >= 11 is 6.16. The Morgan fingerprint density at radius 2 is 1.67 bits per heavy atom. The molecule has 3 aromatic carbocycles. The topological polar surface area (TPSA) is 102 Å². The van der Waals surface area contributed by atoms with Crippen LogP contribution in [0.3, 0.4) is 0 Å². The summed E-state index contributed by atoms with van der Waals surface area (Å²) < 4.78 is 0. The molecule has 0 bridgehead atoms. The average Bonchev–Trinajstić information content (AvgIpc) is 3.23. The molecule has 1 aliphatic rings. The molecule has 0 aromatic heterocycles. The molecule has 202 valence electrons. The van der Waals surface area contributed by atoms with Crippen molar-refractivity contribution < 1.29 is 19.5 Å². The number of nitrogens with zero attached hydrogens (tertiary/aromatic N) is 3. The number of anilines is 2. The number of benzene rings is 3. The zero-order chi connectivity index (χ0) is 28.1. The Bertz CT molecular complexity index is 1400. The van der Waals surface area contributed by atoms with E-state index in [-0.39, 0.29) is 18.2 Å². The quantitative estimate of drug-likeness (QED) is 0.343. The number of carboxylic acids is 1. The van der Waals surface area contributed by atoms with Crippen molar-refractivity contribution in [3.63, 3.8) is 0 Å². The summed E-state index contributed by atoms with van der Waals surface area (Å²) in [4.78, 5) is 45.2. The van der Waals surface area contributed by atoms with Crippen LogP contribution in [0.5, 0.6) is 0 Å². The first-order valence-electron chi connectivity index (χ1n) is 12.6. The number of amides is 2. The number of carbonyl (C=O) groups is 3. The number of halogens is 1. The maximum atomic E-state index is 13.2. The van der Waals surface area contributed by atoms with Crippen LogP contribution in [0.1, 0.15) is 35.4 Å². The molecule has 4 rings (SSSR count). The number of rotatable bonds is 10. The molecule has 0 saturated carbocycles. The van der Waals surface area contributed by atoms with Crippen molar-refractivity contribution in [2.24, 2.45) is 4.99 Å². The van der Waals surface area contributed by atoms with Gasteiger partial charge in [0.2, 0.25) is 11.8 Å². The number of aliphatic carboxylic acids is 1. The van der Waals surface area contributed by atoms with Crippen molar-refractivity contribution in [3.8, 4) is 0 Å². The van der Waals surface area contributed by atoms with Crippen LogP contribution in [0.25, 0.3) is 0 Å². The van der Waals surface area contributed by atoms with Crippen molar-refractivity contribution in [2.45, 2.75) is 25.2 Å². The first-order chi connectivity index (χ1) is 18.6. The molecule has 0 spiro atoms. The monoisotopic (exact) mass is 546 g/mol. The van der Waals surface area contributed by atoms with E-state index in [0.717, 1.165) is 22.4 Å². The van der Waals surface area contributed by atoms with Gasteiger partial charge in [-0.05, 0) is 73.6 Å². The average molecular weight is 547 g/mol. The van der Waals surface area contributed by atoms with E-state index in [1.54, 1.807) is 24.1 Å². The van der Waals surface area contributed by atoms with Crippen LogP contribution >= 0.6 is 11.6 Å². The van der Waals surface area contributed by atoms with Crippen LogP contribution in [0, 0.1) is 0 Å². The van der Waals surface area contributed by atoms with Crippen LogP contribution in [-0.2, 0) is 20.8 Å². The second-order valence-corrected chi connectivity index (χ2v) is 10.2. The SMILES string of the molecule is CN(C)CCC(=O)N(C)c1ccc(N=C(c2ccc(CCC(=O)O)cc2)C2C(=O)Nc3cc(Cl)ccc32)cc1. The van der Waals surface area contributed by atoms with Crippen LogP contribution in [-0.4, -0.2) is 61.2 Å². The van der Waals surface area contributed by atoms with E-state index in [1.807, 2.05) is 73.6 Å². The second-order valence-electron chi connectivity index (χ2n) is 9.76. The van der Waals surface area contributed by atoms with Crippen molar-refractivity contribution in [1.29, 1.82) is 0 Å². The lowest BCUT2D eigenvalue weighted by Gasteiger charge is -2.19. The lowest BCUT2D eigenvalue weighted by molar-refractivity contribution is -0.137. The predicted molar refractivity (Wildman–Crippen MR) is 154 cm³/mol. The van der Waals surface area contributed by atoms with E-state index in [2.05, 4.69) is 5.32 Å². The van der Waals surface area contributed by atoms with Gasteiger partial charge in [-0.1, -0.05) is 41.9 Å². The zero-order valence-electron chi connectivity index (χ0n) is 22.1. The van der Waals surface area contributed by atoms with Crippen LogP contribution in [0.15, 0.2) is 71.7 Å². The molecule has 1 unspecified atom stereocenters. The van der Waals surface area contributed by atoms with Gasteiger partial charge in [-0.15, -0.1) is 0 Å². The highest BCUT2D eigenvalue weighted by Crippen LogP contribution is 2.38. The summed E-state index contributed by atoms with van der Waals surface area (Å²) in [5, 5.41) is 12.4. The first-order valence-corrected chi connectivity index (χ1v) is 13.0. The number of nitrogens with one attached hydrogen (secondary N) is 1. The molecule has 1 heterocycles. The molecule has 2 N–H and O–H groups in total. The number of hydrogen-bond donors (Lipinski definition) is 2. The second kappa shape index (κ2) is 12.2. The zero-order valence-corrected chi connectivity index (χ0v) is 22.9. The predicted octanol–water partition coefficient (Wildman–Crippen LogP) is 5.13. The highest BCUT2D eigenvalue weighted by molar-refractivity contribution is 6.31. The standard InChI is InChI=1S/C30H31ClN4O4/c1-34(2)17-16-26(36)35(3)23-12-10-22(11-13-23)32-29(20-7-4-19(5-8-20)6-15-27(37)38)28-24-14-9-21(31)18-25(24)33-30(28)39/h4-5,7-14,18,28H,6,15-17H2,1-3H3,(H,33,39)(H,37,38). The van der Waals surface area contributed by atoms with Gasteiger partial charge in [-0.25, -0.2) is 0 Å². The van der Waals surface area contributed by atoms with Gasteiger partial charge in [-0.2, -0.15) is 0 Å². The van der Waals surface area contributed by atoms with Gasteiger partial charge < -0.3 is 20.2 Å². The molecule has 39 heavy (non-hydrogen) atoms. The Kier molecular flexibility index (Phi) is 8.79. The molecular formula is C30H31ClN4O4. The third kappa shape index (κ3) is 6.90. The lowest BCUT2D eigenvalue weighted by atomic mass is 9.90. The Hall–Kier alpha value is -4.01. The van der Waals surface area contributed by atoms with Gasteiger partial charge in [-0.3, -0.25) is 19.4 Å². The maximum absolute atomic E-state index is 13.2. The number of hydrogen-bond acceptors (Lipinski definition) is 5. The van der Waals surface area contributed by atoms with Gasteiger partial charge in [0.15, 0.2) is 0 Å². The van der Waals surface area contributed by atoms with Gasteiger partial charge >= 0.3 is 5.97 Å². The summed E-state index contributed by atoms with van der Waals surface area (Å²) in [7, 11) is 5.61. The maximum Gasteiger partial charge on any atom is 0.303 e. The Labute approximate surface area is 232 Å². The number of carbonyl (C=O) groups excluding carboxylic acids is 2. The Balaban J connectivity index is 1.67. The fraction of sp³-hybridized carbons (Fsp3) is 0.267. The van der Waals surface area contributed by atoms with Crippen LogP contribution in [0.2, 0.25) is 5.02 Å². The van der Waals surface area contributed by atoms with E-state index in [4.69, 9.17) is 21.7 Å². The Morgan fingerprint density at radius 1 is 0.974 bits per heavy atom. The first kappa shape index (κ1) is 28.0. The number of fused-ring (bicyclic) bond motifs is 1. The minimum absolute atomic E-state index is 0.0153.